The molecule has 102 valence electrons. The summed E-state index contributed by atoms with van der Waals surface area (Å²) in [6.07, 6.45) is 0.665. The van der Waals surface area contributed by atoms with Crippen LogP contribution in [0.2, 0.25) is 0 Å². The fourth-order valence-corrected chi connectivity index (χ4v) is 3.68. The van der Waals surface area contributed by atoms with Crippen LogP contribution in [0.4, 0.5) is 0 Å². The van der Waals surface area contributed by atoms with E-state index < -0.39 is 10.0 Å². The van der Waals surface area contributed by atoms with Gasteiger partial charge in [-0.2, -0.15) is 4.31 Å². The number of hydrogen-bond acceptors (Lipinski definition) is 4. The van der Waals surface area contributed by atoms with Gasteiger partial charge in [-0.15, -0.1) is 0 Å². The Morgan fingerprint density at radius 2 is 2.12 bits per heavy atom. The molecule has 1 unspecified atom stereocenters. The van der Waals surface area contributed by atoms with Crippen LogP contribution in [0.25, 0.3) is 0 Å². The molecule has 17 heavy (non-hydrogen) atoms. The molecular formula is C11H24N2O3S. The summed E-state index contributed by atoms with van der Waals surface area (Å²) >= 11 is 0. The van der Waals surface area contributed by atoms with Gasteiger partial charge in [-0.1, -0.05) is 6.92 Å². The summed E-state index contributed by atoms with van der Waals surface area (Å²) in [5.74, 6) is 0.501. The smallest absolute Gasteiger partial charge is 0.214 e. The van der Waals surface area contributed by atoms with Crippen molar-refractivity contribution in [3.8, 4) is 0 Å². The van der Waals surface area contributed by atoms with Gasteiger partial charge in [0, 0.05) is 25.6 Å². The van der Waals surface area contributed by atoms with Crippen LogP contribution in [-0.4, -0.2) is 70.3 Å². The maximum atomic E-state index is 12.0. The Balaban J connectivity index is 2.66. The molecule has 0 aromatic heterocycles. The number of nitrogens with zero attached hydrogens (tertiary/aromatic N) is 2. The standard InChI is InChI=1S/C11H24N2O3S/c1-4-7-17(14,15)13-5-6-16-10-11(9-13)8-12(2)3/h11H,4-10H2,1-3H3. The molecule has 0 radical (unpaired) electrons. The van der Waals surface area contributed by atoms with Crippen molar-refractivity contribution in [2.75, 3.05) is 52.7 Å². The van der Waals surface area contributed by atoms with E-state index in [0.29, 0.717) is 32.7 Å². The van der Waals surface area contributed by atoms with Crippen LogP contribution in [0, 0.1) is 5.92 Å². The van der Waals surface area contributed by atoms with Gasteiger partial charge in [0.2, 0.25) is 10.0 Å². The molecule has 0 spiro atoms. The van der Waals surface area contributed by atoms with Crippen LogP contribution in [0.3, 0.4) is 0 Å². The highest BCUT2D eigenvalue weighted by Gasteiger charge is 2.27. The fraction of sp³-hybridized carbons (Fsp3) is 1.00. The summed E-state index contributed by atoms with van der Waals surface area (Å²) in [4.78, 5) is 2.07. The third kappa shape index (κ3) is 4.91. The summed E-state index contributed by atoms with van der Waals surface area (Å²) in [6.45, 7) is 4.98. The molecule has 1 aliphatic heterocycles. The van der Waals surface area contributed by atoms with Gasteiger partial charge < -0.3 is 9.64 Å². The van der Waals surface area contributed by atoms with Crippen molar-refractivity contribution in [1.82, 2.24) is 9.21 Å². The average Bonchev–Trinajstić information content (AvgIpc) is 2.42. The molecule has 0 bridgehead atoms. The first-order valence-corrected chi connectivity index (χ1v) is 7.77. The molecule has 0 amide bonds. The van der Waals surface area contributed by atoms with Crippen LogP contribution in [-0.2, 0) is 14.8 Å². The van der Waals surface area contributed by atoms with Gasteiger partial charge >= 0.3 is 0 Å². The van der Waals surface area contributed by atoms with Gasteiger partial charge in [-0.3, -0.25) is 0 Å². The zero-order valence-electron chi connectivity index (χ0n) is 11.1. The Morgan fingerprint density at radius 3 is 2.71 bits per heavy atom. The molecule has 0 aliphatic carbocycles. The second-order valence-corrected chi connectivity index (χ2v) is 6.97. The quantitative estimate of drug-likeness (QED) is 0.713. The molecule has 1 aliphatic rings. The third-order valence-electron chi connectivity index (χ3n) is 2.78. The highest BCUT2D eigenvalue weighted by Crippen LogP contribution is 2.13. The molecule has 1 heterocycles. The SMILES string of the molecule is CCCS(=O)(=O)N1CCOCC(CN(C)C)C1. The Bertz CT molecular complexity index is 317. The van der Waals surface area contributed by atoms with Gasteiger partial charge in [-0.25, -0.2) is 8.42 Å². The zero-order valence-corrected chi connectivity index (χ0v) is 11.9. The van der Waals surface area contributed by atoms with E-state index in [2.05, 4.69) is 4.90 Å². The lowest BCUT2D eigenvalue weighted by Gasteiger charge is -2.24. The summed E-state index contributed by atoms with van der Waals surface area (Å²) in [6, 6.07) is 0. The van der Waals surface area contributed by atoms with E-state index in [4.69, 9.17) is 4.74 Å². The van der Waals surface area contributed by atoms with E-state index in [1.165, 1.54) is 0 Å². The first kappa shape index (κ1) is 14.9. The Hall–Kier alpha value is -0.170. The van der Waals surface area contributed by atoms with Crippen LogP contribution in [0.15, 0.2) is 0 Å². The van der Waals surface area contributed by atoms with Crippen molar-refractivity contribution in [2.24, 2.45) is 5.92 Å². The summed E-state index contributed by atoms with van der Waals surface area (Å²) in [5, 5.41) is 0. The number of sulfonamides is 1. The van der Waals surface area contributed by atoms with Crippen LogP contribution in [0.5, 0.6) is 0 Å². The second kappa shape index (κ2) is 6.68. The van der Waals surface area contributed by atoms with E-state index in [-0.39, 0.29) is 11.7 Å². The predicted molar refractivity (Wildman–Crippen MR) is 68.5 cm³/mol. The molecule has 1 fully saturated rings. The first-order chi connectivity index (χ1) is 7.95. The molecule has 1 saturated heterocycles. The largest absolute Gasteiger partial charge is 0.380 e. The normalized spacial score (nSPS) is 23.9. The van der Waals surface area contributed by atoms with Gasteiger partial charge in [0.05, 0.1) is 19.0 Å². The maximum absolute atomic E-state index is 12.0. The monoisotopic (exact) mass is 264 g/mol. The van der Waals surface area contributed by atoms with E-state index in [1.807, 2.05) is 21.0 Å². The van der Waals surface area contributed by atoms with E-state index in [0.717, 1.165) is 6.54 Å². The van der Waals surface area contributed by atoms with Crippen molar-refractivity contribution in [3.63, 3.8) is 0 Å². The molecule has 0 aromatic rings. The number of hydrogen-bond donors (Lipinski definition) is 0. The first-order valence-electron chi connectivity index (χ1n) is 6.16. The van der Waals surface area contributed by atoms with Crippen molar-refractivity contribution in [1.29, 1.82) is 0 Å². The van der Waals surface area contributed by atoms with Gasteiger partial charge in [0.25, 0.3) is 0 Å². The van der Waals surface area contributed by atoms with E-state index >= 15 is 0 Å². The second-order valence-electron chi connectivity index (χ2n) is 4.88. The van der Waals surface area contributed by atoms with Crippen LogP contribution < -0.4 is 0 Å². The Kier molecular flexibility index (Phi) is 5.85. The molecule has 6 heteroatoms. The van der Waals surface area contributed by atoms with Crippen molar-refractivity contribution >= 4 is 10.0 Å². The lowest BCUT2D eigenvalue weighted by Crippen LogP contribution is -2.39. The van der Waals surface area contributed by atoms with Gasteiger partial charge in [0.1, 0.15) is 0 Å². The lowest BCUT2D eigenvalue weighted by atomic mass is 10.1. The minimum absolute atomic E-state index is 0.238. The molecular weight excluding hydrogens is 240 g/mol. The van der Waals surface area contributed by atoms with Gasteiger partial charge in [0.15, 0.2) is 0 Å². The fourth-order valence-electron chi connectivity index (χ4n) is 2.11. The van der Waals surface area contributed by atoms with Crippen LogP contribution >= 0.6 is 0 Å². The van der Waals surface area contributed by atoms with Crippen molar-refractivity contribution < 1.29 is 13.2 Å². The maximum Gasteiger partial charge on any atom is 0.214 e. The molecule has 1 rings (SSSR count). The highest BCUT2D eigenvalue weighted by molar-refractivity contribution is 7.89. The highest BCUT2D eigenvalue weighted by atomic mass is 32.2. The summed E-state index contributed by atoms with van der Waals surface area (Å²) in [5.41, 5.74) is 0. The summed E-state index contributed by atoms with van der Waals surface area (Å²) in [7, 11) is 0.901. The Labute approximate surface area is 105 Å². The summed E-state index contributed by atoms with van der Waals surface area (Å²) < 4.78 is 31.1. The lowest BCUT2D eigenvalue weighted by molar-refractivity contribution is 0.113. The third-order valence-corrected chi connectivity index (χ3v) is 4.82. The van der Waals surface area contributed by atoms with Crippen molar-refractivity contribution in [3.05, 3.63) is 0 Å². The van der Waals surface area contributed by atoms with E-state index in [9.17, 15) is 8.42 Å². The topological polar surface area (TPSA) is 49.9 Å². The molecule has 0 N–H and O–H groups in total. The number of ether oxygens (including phenoxy) is 1. The minimum Gasteiger partial charge on any atom is -0.380 e. The van der Waals surface area contributed by atoms with Crippen LogP contribution in [0.1, 0.15) is 13.3 Å². The number of rotatable bonds is 5. The molecule has 1 atom stereocenters. The van der Waals surface area contributed by atoms with Crippen molar-refractivity contribution in [2.45, 2.75) is 13.3 Å². The average molecular weight is 264 g/mol. The minimum atomic E-state index is -3.09. The predicted octanol–water partition coefficient (Wildman–Crippen LogP) is 0.236. The van der Waals surface area contributed by atoms with Gasteiger partial charge in [-0.05, 0) is 20.5 Å². The molecule has 0 aromatic carbocycles. The zero-order chi connectivity index (χ0) is 12.9. The Morgan fingerprint density at radius 1 is 1.41 bits per heavy atom. The molecule has 0 saturated carbocycles. The molecule has 5 nitrogen and oxygen atoms in total. The van der Waals surface area contributed by atoms with E-state index in [1.54, 1.807) is 4.31 Å².